The highest BCUT2D eigenvalue weighted by molar-refractivity contribution is 5.78. The van der Waals surface area contributed by atoms with Crippen LogP contribution in [0.1, 0.15) is 5.69 Å². The lowest BCUT2D eigenvalue weighted by Gasteiger charge is -2.14. The maximum absolute atomic E-state index is 11.4. The number of β-amino-alcohol motifs (C(OH)–C–C–N with tert-alkyl or cyclic N) is 1. The van der Waals surface area contributed by atoms with E-state index in [1.807, 2.05) is 0 Å². The van der Waals surface area contributed by atoms with Gasteiger partial charge in [0, 0.05) is 37.6 Å². The standard InChI is InChI=1S/C11H16N4O2/c12-4-11(17)15-6-8(10(16)7-15)3-9-5-13-1-2-14-9/h1-2,5,8,10,16H,3-4,6-7,12H2/t8-,10-/m1/s1. The van der Waals surface area contributed by atoms with Gasteiger partial charge in [-0.1, -0.05) is 0 Å². The number of nitrogens with two attached hydrogens (primary N) is 1. The van der Waals surface area contributed by atoms with Crippen molar-refractivity contribution in [1.82, 2.24) is 14.9 Å². The quantitative estimate of drug-likeness (QED) is 0.687. The van der Waals surface area contributed by atoms with Crippen LogP contribution in [0.5, 0.6) is 0 Å². The fourth-order valence-electron chi connectivity index (χ4n) is 2.09. The van der Waals surface area contributed by atoms with E-state index in [-0.39, 0.29) is 18.4 Å². The van der Waals surface area contributed by atoms with Gasteiger partial charge in [0.05, 0.1) is 18.3 Å². The zero-order valence-electron chi connectivity index (χ0n) is 9.49. The van der Waals surface area contributed by atoms with E-state index in [0.717, 1.165) is 5.69 Å². The lowest BCUT2D eigenvalue weighted by Crippen LogP contribution is -2.34. The van der Waals surface area contributed by atoms with Gasteiger partial charge in [-0.2, -0.15) is 0 Å². The molecule has 2 heterocycles. The highest BCUT2D eigenvalue weighted by atomic mass is 16.3. The van der Waals surface area contributed by atoms with Crippen LogP contribution >= 0.6 is 0 Å². The van der Waals surface area contributed by atoms with E-state index >= 15 is 0 Å². The predicted molar refractivity (Wildman–Crippen MR) is 60.9 cm³/mol. The van der Waals surface area contributed by atoms with Crippen LogP contribution in [0.25, 0.3) is 0 Å². The number of aromatic nitrogens is 2. The minimum absolute atomic E-state index is 0.00934. The Hall–Kier alpha value is -1.53. The van der Waals surface area contributed by atoms with Crippen LogP contribution in [0.3, 0.4) is 0 Å². The molecule has 0 unspecified atom stereocenters. The molecule has 0 radical (unpaired) electrons. The number of likely N-dealkylation sites (tertiary alicyclic amines) is 1. The van der Waals surface area contributed by atoms with Crippen LogP contribution < -0.4 is 5.73 Å². The minimum Gasteiger partial charge on any atom is -0.391 e. The molecule has 1 aromatic rings. The van der Waals surface area contributed by atoms with Gasteiger partial charge in [0.25, 0.3) is 0 Å². The summed E-state index contributed by atoms with van der Waals surface area (Å²) < 4.78 is 0. The second kappa shape index (κ2) is 5.20. The number of aliphatic hydroxyl groups excluding tert-OH is 1. The number of hydrogen-bond donors (Lipinski definition) is 2. The van der Waals surface area contributed by atoms with Gasteiger partial charge >= 0.3 is 0 Å². The Balaban J connectivity index is 1.97. The van der Waals surface area contributed by atoms with Crippen LogP contribution in [0, 0.1) is 5.92 Å². The van der Waals surface area contributed by atoms with Crippen molar-refractivity contribution in [3.63, 3.8) is 0 Å². The molecule has 6 nitrogen and oxygen atoms in total. The molecular formula is C11H16N4O2. The number of aliphatic hydroxyl groups is 1. The molecule has 6 heteroatoms. The van der Waals surface area contributed by atoms with Crippen LogP contribution in [-0.2, 0) is 11.2 Å². The number of amides is 1. The van der Waals surface area contributed by atoms with Crippen LogP contribution in [0.2, 0.25) is 0 Å². The number of carbonyl (C=O) groups is 1. The first kappa shape index (κ1) is 11.9. The maximum Gasteiger partial charge on any atom is 0.236 e. The molecule has 0 spiro atoms. The molecule has 1 amide bonds. The maximum atomic E-state index is 11.4. The number of hydrogen-bond acceptors (Lipinski definition) is 5. The zero-order chi connectivity index (χ0) is 12.3. The number of nitrogens with zero attached hydrogens (tertiary/aromatic N) is 3. The third-order valence-electron chi connectivity index (χ3n) is 3.02. The third-order valence-corrected chi connectivity index (χ3v) is 3.02. The number of rotatable bonds is 3. The first-order chi connectivity index (χ1) is 8.20. The minimum atomic E-state index is -0.507. The van der Waals surface area contributed by atoms with E-state index < -0.39 is 6.10 Å². The summed E-state index contributed by atoms with van der Waals surface area (Å²) in [5.41, 5.74) is 6.13. The fourth-order valence-corrected chi connectivity index (χ4v) is 2.09. The fraction of sp³-hybridized carbons (Fsp3) is 0.545. The van der Waals surface area contributed by atoms with Gasteiger partial charge in [0.15, 0.2) is 0 Å². The third kappa shape index (κ3) is 2.78. The van der Waals surface area contributed by atoms with Crippen molar-refractivity contribution >= 4 is 5.91 Å². The summed E-state index contributed by atoms with van der Waals surface area (Å²) in [6, 6.07) is 0. The van der Waals surface area contributed by atoms with E-state index in [2.05, 4.69) is 9.97 Å². The second-order valence-corrected chi connectivity index (χ2v) is 4.23. The first-order valence-electron chi connectivity index (χ1n) is 5.61. The molecule has 3 N–H and O–H groups in total. The van der Waals surface area contributed by atoms with Crippen molar-refractivity contribution in [2.24, 2.45) is 11.7 Å². The van der Waals surface area contributed by atoms with Crippen molar-refractivity contribution in [3.05, 3.63) is 24.3 Å². The smallest absolute Gasteiger partial charge is 0.236 e. The lowest BCUT2D eigenvalue weighted by atomic mass is 10.0. The Morgan fingerprint density at radius 2 is 2.35 bits per heavy atom. The Bertz CT molecular complexity index is 384. The second-order valence-electron chi connectivity index (χ2n) is 4.23. The summed E-state index contributed by atoms with van der Waals surface area (Å²) in [5, 5.41) is 9.88. The van der Waals surface area contributed by atoms with Gasteiger partial charge in [0.2, 0.25) is 5.91 Å². The predicted octanol–water partition coefficient (Wildman–Crippen LogP) is -1.20. The Morgan fingerprint density at radius 1 is 1.53 bits per heavy atom. The average Bonchev–Trinajstić information content (AvgIpc) is 2.71. The monoisotopic (exact) mass is 236 g/mol. The molecule has 17 heavy (non-hydrogen) atoms. The SMILES string of the molecule is NCC(=O)N1C[C@@H](Cc2cnccn2)[C@H](O)C1. The molecular weight excluding hydrogens is 220 g/mol. The van der Waals surface area contributed by atoms with Crippen molar-refractivity contribution in [2.45, 2.75) is 12.5 Å². The average molecular weight is 236 g/mol. The molecule has 2 rings (SSSR count). The van der Waals surface area contributed by atoms with Gasteiger partial charge in [-0.15, -0.1) is 0 Å². The molecule has 1 fully saturated rings. The normalized spacial score (nSPS) is 24.0. The molecule has 92 valence electrons. The molecule has 0 saturated carbocycles. The van der Waals surface area contributed by atoms with Crippen molar-refractivity contribution < 1.29 is 9.90 Å². The van der Waals surface area contributed by atoms with Gasteiger partial charge < -0.3 is 15.7 Å². The van der Waals surface area contributed by atoms with E-state index in [0.29, 0.717) is 19.5 Å². The van der Waals surface area contributed by atoms with Gasteiger partial charge in [-0.25, -0.2) is 0 Å². The van der Waals surface area contributed by atoms with Gasteiger partial charge in [0.1, 0.15) is 0 Å². The molecule has 1 aliphatic heterocycles. The lowest BCUT2D eigenvalue weighted by molar-refractivity contribution is -0.129. The number of carbonyl (C=O) groups excluding carboxylic acids is 1. The van der Waals surface area contributed by atoms with Gasteiger partial charge in [-0.05, 0) is 6.42 Å². The molecule has 1 saturated heterocycles. The summed E-state index contributed by atoms with van der Waals surface area (Å²) in [6.07, 6.45) is 5.04. The molecule has 1 aromatic heterocycles. The first-order valence-corrected chi connectivity index (χ1v) is 5.61. The Morgan fingerprint density at radius 3 is 3.00 bits per heavy atom. The molecule has 0 aromatic carbocycles. The van der Waals surface area contributed by atoms with Crippen LogP contribution in [0.4, 0.5) is 0 Å². The largest absolute Gasteiger partial charge is 0.391 e. The summed E-state index contributed by atoms with van der Waals surface area (Å²) in [4.78, 5) is 21.2. The van der Waals surface area contributed by atoms with Crippen LogP contribution in [-0.4, -0.2) is 51.6 Å². The summed E-state index contributed by atoms with van der Waals surface area (Å²) in [7, 11) is 0. The van der Waals surface area contributed by atoms with Crippen molar-refractivity contribution in [1.29, 1.82) is 0 Å². The van der Waals surface area contributed by atoms with Crippen molar-refractivity contribution in [3.8, 4) is 0 Å². The van der Waals surface area contributed by atoms with E-state index in [4.69, 9.17) is 5.73 Å². The Labute approximate surface area is 99.5 Å². The van der Waals surface area contributed by atoms with E-state index in [1.54, 1.807) is 23.5 Å². The highest BCUT2D eigenvalue weighted by Crippen LogP contribution is 2.20. The van der Waals surface area contributed by atoms with Crippen LogP contribution in [0.15, 0.2) is 18.6 Å². The molecule has 1 aliphatic rings. The summed E-state index contributed by atoms with van der Waals surface area (Å²) in [6.45, 7) is 0.888. The highest BCUT2D eigenvalue weighted by Gasteiger charge is 2.33. The summed E-state index contributed by atoms with van der Waals surface area (Å²) >= 11 is 0. The molecule has 2 atom stereocenters. The molecule has 0 bridgehead atoms. The zero-order valence-corrected chi connectivity index (χ0v) is 9.49. The Kier molecular flexibility index (Phi) is 3.65. The summed E-state index contributed by atoms with van der Waals surface area (Å²) in [5.74, 6) is -0.104. The topological polar surface area (TPSA) is 92.3 Å². The van der Waals surface area contributed by atoms with E-state index in [1.165, 1.54) is 0 Å². The van der Waals surface area contributed by atoms with Crippen molar-refractivity contribution in [2.75, 3.05) is 19.6 Å². The molecule has 0 aliphatic carbocycles. The van der Waals surface area contributed by atoms with Gasteiger partial charge in [-0.3, -0.25) is 14.8 Å². The van der Waals surface area contributed by atoms with E-state index in [9.17, 15) is 9.90 Å².